The standard InChI is InChI=1S/C27H27N5O2/c1-2-20-17-28-14-15-32(20)27(34)22-16-24(19-9-11-21(33)12-10-19)29-26-25(22)23(30-31-26)13-8-18-6-4-3-5-7-18/h3-13,16,20,28,33H,2,14-15,17H2,1H3,(H,29,30,31). The van der Waals surface area contributed by atoms with Crippen LogP contribution in [-0.2, 0) is 0 Å². The van der Waals surface area contributed by atoms with E-state index in [4.69, 9.17) is 4.98 Å². The molecule has 3 heterocycles. The number of phenolic OH excluding ortho intramolecular Hbond substituents is 1. The molecule has 2 aromatic heterocycles. The molecular weight excluding hydrogens is 426 g/mol. The second-order valence-corrected chi connectivity index (χ2v) is 8.44. The summed E-state index contributed by atoms with van der Waals surface area (Å²) in [5.41, 5.74) is 4.33. The van der Waals surface area contributed by atoms with Crippen LogP contribution in [0.25, 0.3) is 34.4 Å². The average molecular weight is 454 g/mol. The number of nitrogens with zero attached hydrogens (tertiary/aromatic N) is 3. The third kappa shape index (κ3) is 4.30. The lowest BCUT2D eigenvalue weighted by molar-refractivity contribution is 0.0633. The summed E-state index contributed by atoms with van der Waals surface area (Å²) in [5, 5.41) is 21.3. The van der Waals surface area contributed by atoms with Crippen LogP contribution in [0, 0.1) is 0 Å². The molecule has 1 fully saturated rings. The van der Waals surface area contributed by atoms with Crippen molar-refractivity contribution in [1.82, 2.24) is 25.4 Å². The first kappa shape index (κ1) is 21.9. The summed E-state index contributed by atoms with van der Waals surface area (Å²) in [5.74, 6) is 0.166. The normalized spacial score (nSPS) is 16.4. The highest BCUT2D eigenvalue weighted by atomic mass is 16.3. The molecule has 1 saturated heterocycles. The van der Waals surface area contributed by atoms with E-state index in [0.717, 1.165) is 30.6 Å². The van der Waals surface area contributed by atoms with Gasteiger partial charge in [0.05, 0.1) is 22.3 Å². The first-order valence-electron chi connectivity index (χ1n) is 11.6. The highest BCUT2D eigenvalue weighted by Gasteiger charge is 2.29. The SMILES string of the molecule is CCC1CNCCN1C(=O)c1cc(-c2ccc(O)cc2)nc2[nH]nc(C=Cc3ccccc3)c12. The molecule has 7 nitrogen and oxygen atoms in total. The maximum atomic E-state index is 13.9. The lowest BCUT2D eigenvalue weighted by Crippen LogP contribution is -2.53. The van der Waals surface area contributed by atoms with E-state index in [1.807, 2.05) is 53.5 Å². The summed E-state index contributed by atoms with van der Waals surface area (Å²) in [7, 11) is 0. The van der Waals surface area contributed by atoms with Crippen molar-refractivity contribution in [2.45, 2.75) is 19.4 Å². The fourth-order valence-electron chi connectivity index (χ4n) is 4.41. The number of aromatic amines is 1. The van der Waals surface area contributed by atoms with Gasteiger partial charge in [0.15, 0.2) is 5.65 Å². The van der Waals surface area contributed by atoms with Crippen LogP contribution < -0.4 is 5.32 Å². The van der Waals surface area contributed by atoms with Gasteiger partial charge in [0.1, 0.15) is 5.75 Å². The van der Waals surface area contributed by atoms with Gasteiger partial charge in [-0.25, -0.2) is 4.98 Å². The number of nitrogens with one attached hydrogen (secondary N) is 2. The van der Waals surface area contributed by atoms with E-state index in [1.54, 1.807) is 24.3 Å². The van der Waals surface area contributed by atoms with Crippen molar-refractivity contribution < 1.29 is 9.90 Å². The Labute approximate surface area is 198 Å². The molecule has 1 atom stereocenters. The zero-order chi connectivity index (χ0) is 23.5. The van der Waals surface area contributed by atoms with Gasteiger partial charge >= 0.3 is 0 Å². The number of hydrogen-bond acceptors (Lipinski definition) is 5. The molecule has 0 spiro atoms. The maximum Gasteiger partial charge on any atom is 0.255 e. The summed E-state index contributed by atoms with van der Waals surface area (Å²) in [6.07, 6.45) is 4.78. The van der Waals surface area contributed by atoms with Crippen LogP contribution in [0.5, 0.6) is 5.75 Å². The average Bonchev–Trinajstić information content (AvgIpc) is 3.30. The number of pyridine rings is 1. The molecule has 34 heavy (non-hydrogen) atoms. The number of amides is 1. The molecule has 0 radical (unpaired) electrons. The second-order valence-electron chi connectivity index (χ2n) is 8.44. The smallest absolute Gasteiger partial charge is 0.255 e. The Bertz CT molecular complexity index is 1330. The van der Waals surface area contributed by atoms with Crippen molar-refractivity contribution in [1.29, 1.82) is 0 Å². The summed E-state index contributed by atoms with van der Waals surface area (Å²) >= 11 is 0. The predicted molar refractivity (Wildman–Crippen MR) is 134 cm³/mol. The van der Waals surface area contributed by atoms with Crippen molar-refractivity contribution in [2.75, 3.05) is 19.6 Å². The number of aromatic nitrogens is 3. The molecule has 4 aromatic rings. The Hall–Kier alpha value is -3.97. The first-order valence-corrected chi connectivity index (χ1v) is 11.6. The van der Waals surface area contributed by atoms with Crippen LogP contribution in [0.4, 0.5) is 0 Å². The molecule has 5 rings (SSSR count). The quantitative estimate of drug-likeness (QED) is 0.418. The number of H-pyrrole nitrogens is 1. The fraction of sp³-hybridized carbons (Fsp3) is 0.222. The number of carbonyl (C=O) groups excluding carboxylic acids is 1. The number of carbonyl (C=O) groups is 1. The number of benzene rings is 2. The molecule has 2 aromatic carbocycles. The van der Waals surface area contributed by atoms with E-state index in [2.05, 4.69) is 22.4 Å². The highest BCUT2D eigenvalue weighted by Crippen LogP contribution is 2.29. The number of rotatable bonds is 5. The molecule has 1 unspecified atom stereocenters. The third-order valence-corrected chi connectivity index (χ3v) is 6.27. The van der Waals surface area contributed by atoms with Gasteiger partial charge in [-0.05, 0) is 48.4 Å². The Morgan fingerprint density at radius 2 is 1.94 bits per heavy atom. The van der Waals surface area contributed by atoms with Crippen LogP contribution in [-0.4, -0.2) is 56.8 Å². The number of phenols is 1. The van der Waals surface area contributed by atoms with Crippen molar-refractivity contribution in [3.63, 3.8) is 0 Å². The fourth-order valence-corrected chi connectivity index (χ4v) is 4.41. The Morgan fingerprint density at radius 1 is 1.15 bits per heavy atom. The maximum absolute atomic E-state index is 13.9. The zero-order valence-electron chi connectivity index (χ0n) is 19.0. The molecule has 3 N–H and O–H groups in total. The number of fused-ring (bicyclic) bond motifs is 1. The molecule has 0 aliphatic carbocycles. The molecule has 1 aliphatic rings. The number of piperazine rings is 1. The van der Waals surface area contributed by atoms with Crippen molar-refractivity contribution in [2.24, 2.45) is 0 Å². The Balaban J connectivity index is 1.64. The lowest BCUT2D eigenvalue weighted by atomic mass is 10.0. The third-order valence-electron chi connectivity index (χ3n) is 6.27. The van der Waals surface area contributed by atoms with E-state index >= 15 is 0 Å². The highest BCUT2D eigenvalue weighted by molar-refractivity contribution is 6.09. The summed E-state index contributed by atoms with van der Waals surface area (Å²) in [6.45, 7) is 4.32. The Kier molecular flexibility index (Phi) is 6.10. The first-order chi connectivity index (χ1) is 16.6. The van der Waals surface area contributed by atoms with E-state index in [1.165, 1.54) is 0 Å². The van der Waals surface area contributed by atoms with Crippen LogP contribution >= 0.6 is 0 Å². The summed E-state index contributed by atoms with van der Waals surface area (Å²) < 4.78 is 0. The van der Waals surface area contributed by atoms with Crippen molar-refractivity contribution in [3.8, 4) is 17.0 Å². The number of aromatic hydroxyl groups is 1. The minimum absolute atomic E-state index is 0.0171. The van der Waals surface area contributed by atoms with Crippen molar-refractivity contribution >= 4 is 29.1 Å². The van der Waals surface area contributed by atoms with E-state index in [9.17, 15) is 9.90 Å². The topological polar surface area (TPSA) is 94.1 Å². The van der Waals surface area contributed by atoms with Gasteiger partial charge in [-0.15, -0.1) is 0 Å². The molecule has 1 amide bonds. The van der Waals surface area contributed by atoms with Crippen LogP contribution in [0.3, 0.4) is 0 Å². The number of hydrogen-bond donors (Lipinski definition) is 3. The Morgan fingerprint density at radius 3 is 2.71 bits per heavy atom. The van der Waals surface area contributed by atoms with Crippen LogP contribution in [0.1, 0.15) is 35.0 Å². The lowest BCUT2D eigenvalue weighted by Gasteiger charge is -2.36. The molecule has 0 bridgehead atoms. The van der Waals surface area contributed by atoms with Gasteiger partial charge in [-0.1, -0.05) is 43.3 Å². The van der Waals surface area contributed by atoms with Gasteiger partial charge in [-0.3, -0.25) is 9.89 Å². The molecule has 172 valence electrons. The van der Waals surface area contributed by atoms with E-state index < -0.39 is 0 Å². The molecule has 0 saturated carbocycles. The summed E-state index contributed by atoms with van der Waals surface area (Å²) in [4.78, 5) is 20.6. The van der Waals surface area contributed by atoms with Crippen LogP contribution in [0.2, 0.25) is 0 Å². The predicted octanol–water partition coefficient (Wildman–Crippen LogP) is 4.32. The van der Waals surface area contributed by atoms with Gasteiger partial charge in [-0.2, -0.15) is 5.10 Å². The van der Waals surface area contributed by atoms with Gasteiger partial charge < -0.3 is 15.3 Å². The van der Waals surface area contributed by atoms with Gasteiger partial charge in [0.2, 0.25) is 0 Å². The monoisotopic (exact) mass is 453 g/mol. The van der Waals surface area contributed by atoms with E-state index in [-0.39, 0.29) is 17.7 Å². The molecule has 1 aliphatic heterocycles. The van der Waals surface area contributed by atoms with Gasteiger partial charge in [0, 0.05) is 31.2 Å². The molecule has 7 heteroatoms. The molecular formula is C27H27N5O2. The van der Waals surface area contributed by atoms with Gasteiger partial charge in [0.25, 0.3) is 5.91 Å². The largest absolute Gasteiger partial charge is 0.508 e. The van der Waals surface area contributed by atoms with E-state index in [0.29, 0.717) is 34.5 Å². The minimum atomic E-state index is -0.0171. The second kappa shape index (κ2) is 9.49. The zero-order valence-corrected chi connectivity index (χ0v) is 19.0. The summed E-state index contributed by atoms with van der Waals surface area (Å²) in [6, 6.07) is 18.8. The van der Waals surface area contributed by atoms with Crippen molar-refractivity contribution in [3.05, 3.63) is 77.5 Å². The van der Waals surface area contributed by atoms with Crippen LogP contribution in [0.15, 0.2) is 60.7 Å². The minimum Gasteiger partial charge on any atom is -0.508 e.